The van der Waals surface area contributed by atoms with Crippen molar-refractivity contribution < 1.29 is 4.39 Å². The summed E-state index contributed by atoms with van der Waals surface area (Å²) >= 11 is 0. The molecule has 0 aliphatic heterocycles. The molecular weight excluding hydrogens is 243 g/mol. The summed E-state index contributed by atoms with van der Waals surface area (Å²) in [5.74, 6) is 1.20. The van der Waals surface area contributed by atoms with Gasteiger partial charge in [0.05, 0.1) is 5.69 Å². The average molecular weight is 262 g/mol. The van der Waals surface area contributed by atoms with Gasteiger partial charge < -0.3 is 5.32 Å². The molecule has 0 saturated carbocycles. The van der Waals surface area contributed by atoms with E-state index in [0.29, 0.717) is 18.1 Å². The van der Waals surface area contributed by atoms with Crippen molar-refractivity contribution >= 4 is 0 Å². The molecule has 0 bridgehead atoms. The van der Waals surface area contributed by atoms with E-state index >= 15 is 0 Å². The van der Waals surface area contributed by atoms with Crippen LogP contribution in [0.1, 0.15) is 30.6 Å². The van der Waals surface area contributed by atoms with Crippen LogP contribution in [0.15, 0.2) is 18.2 Å². The second-order valence-electron chi connectivity index (χ2n) is 4.61. The monoisotopic (exact) mass is 262 g/mol. The second kappa shape index (κ2) is 5.93. The molecule has 4 nitrogen and oxygen atoms in total. The van der Waals surface area contributed by atoms with Gasteiger partial charge in [0.15, 0.2) is 0 Å². The highest BCUT2D eigenvalue weighted by atomic mass is 19.1. The maximum atomic E-state index is 13.7. The number of nitrogens with one attached hydrogen (secondary N) is 1. The Labute approximate surface area is 112 Å². The highest BCUT2D eigenvalue weighted by Crippen LogP contribution is 2.14. The molecule has 0 aliphatic carbocycles. The minimum atomic E-state index is -0.252. The van der Waals surface area contributed by atoms with E-state index in [1.165, 1.54) is 6.07 Å². The molecule has 2 rings (SSSR count). The number of hydrogen-bond donors (Lipinski definition) is 1. The van der Waals surface area contributed by atoms with Crippen molar-refractivity contribution in [2.45, 2.75) is 33.7 Å². The second-order valence-corrected chi connectivity index (χ2v) is 4.61. The van der Waals surface area contributed by atoms with Gasteiger partial charge in [-0.25, -0.2) is 14.1 Å². The number of hydrogen-bond acceptors (Lipinski definition) is 3. The van der Waals surface area contributed by atoms with Crippen LogP contribution in [0.3, 0.4) is 0 Å². The van der Waals surface area contributed by atoms with E-state index in [-0.39, 0.29) is 5.82 Å². The molecule has 1 heterocycles. The Bertz CT molecular complexity index is 563. The van der Waals surface area contributed by atoms with Gasteiger partial charge in [0.1, 0.15) is 17.5 Å². The third kappa shape index (κ3) is 3.38. The number of halogens is 1. The first-order valence-corrected chi connectivity index (χ1v) is 6.51. The van der Waals surface area contributed by atoms with E-state index in [2.05, 4.69) is 22.3 Å². The van der Waals surface area contributed by atoms with Crippen LogP contribution in [0.25, 0.3) is 5.69 Å². The molecule has 0 unspecified atom stereocenters. The predicted molar refractivity (Wildman–Crippen MR) is 72.8 cm³/mol. The van der Waals surface area contributed by atoms with Gasteiger partial charge in [0, 0.05) is 6.54 Å². The third-order valence-corrected chi connectivity index (χ3v) is 2.82. The van der Waals surface area contributed by atoms with Crippen molar-refractivity contribution in [2.24, 2.45) is 0 Å². The molecule has 0 amide bonds. The molecule has 19 heavy (non-hydrogen) atoms. The van der Waals surface area contributed by atoms with Gasteiger partial charge in [-0.05, 0) is 50.6 Å². The van der Waals surface area contributed by atoms with Gasteiger partial charge in [-0.2, -0.15) is 5.10 Å². The molecule has 0 aliphatic rings. The van der Waals surface area contributed by atoms with Crippen LogP contribution in [0.5, 0.6) is 0 Å². The Balaban J connectivity index is 2.28. The molecule has 5 heteroatoms. The normalized spacial score (nSPS) is 10.9. The molecule has 1 aromatic carbocycles. The summed E-state index contributed by atoms with van der Waals surface area (Å²) in [6.45, 7) is 7.37. The largest absolute Gasteiger partial charge is 0.313 e. The zero-order valence-corrected chi connectivity index (χ0v) is 11.6. The van der Waals surface area contributed by atoms with Gasteiger partial charge >= 0.3 is 0 Å². The molecule has 1 aromatic heterocycles. The molecule has 0 spiro atoms. The van der Waals surface area contributed by atoms with Gasteiger partial charge in [-0.1, -0.05) is 6.92 Å². The summed E-state index contributed by atoms with van der Waals surface area (Å²) in [6, 6.07) is 4.96. The first kappa shape index (κ1) is 13.7. The Morgan fingerprint density at radius 1 is 1.26 bits per heavy atom. The van der Waals surface area contributed by atoms with Crippen molar-refractivity contribution in [3.63, 3.8) is 0 Å². The topological polar surface area (TPSA) is 42.7 Å². The smallest absolute Gasteiger partial charge is 0.148 e. The number of aromatic nitrogens is 3. The minimum absolute atomic E-state index is 0.252. The summed E-state index contributed by atoms with van der Waals surface area (Å²) in [6.07, 6.45) is 1.06. The van der Waals surface area contributed by atoms with Crippen LogP contribution < -0.4 is 5.32 Å². The Hall–Kier alpha value is -1.75. The standard InChI is InChI=1S/C14H19FN4/c1-4-5-16-9-12-6-13(15)8-14(7-12)19-11(3)17-10(2)18-19/h6-8,16H,4-5,9H2,1-3H3. The van der Waals surface area contributed by atoms with Gasteiger partial charge in [-0.15, -0.1) is 0 Å². The molecule has 0 saturated heterocycles. The van der Waals surface area contributed by atoms with Crippen molar-refractivity contribution in [3.8, 4) is 5.69 Å². The lowest BCUT2D eigenvalue weighted by molar-refractivity contribution is 0.616. The van der Waals surface area contributed by atoms with Crippen molar-refractivity contribution in [3.05, 3.63) is 41.2 Å². The first-order chi connectivity index (χ1) is 9.10. The first-order valence-electron chi connectivity index (χ1n) is 6.51. The summed E-state index contributed by atoms with van der Waals surface area (Å²) < 4.78 is 15.3. The Morgan fingerprint density at radius 3 is 2.68 bits per heavy atom. The highest BCUT2D eigenvalue weighted by molar-refractivity contribution is 5.36. The van der Waals surface area contributed by atoms with E-state index in [4.69, 9.17) is 0 Å². The quantitative estimate of drug-likeness (QED) is 0.842. The highest BCUT2D eigenvalue weighted by Gasteiger charge is 2.08. The SMILES string of the molecule is CCCNCc1cc(F)cc(-n2nc(C)nc2C)c1. The lowest BCUT2D eigenvalue weighted by Gasteiger charge is -2.08. The lowest BCUT2D eigenvalue weighted by atomic mass is 10.2. The molecule has 0 radical (unpaired) electrons. The zero-order valence-electron chi connectivity index (χ0n) is 11.6. The van der Waals surface area contributed by atoms with E-state index in [0.717, 1.165) is 24.4 Å². The van der Waals surface area contributed by atoms with E-state index < -0.39 is 0 Å². The summed E-state index contributed by atoms with van der Waals surface area (Å²) in [4.78, 5) is 4.24. The maximum absolute atomic E-state index is 13.7. The summed E-state index contributed by atoms with van der Waals surface area (Å²) in [7, 11) is 0. The van der Waals surface area contributed by atoms with E-state index in [9.17, 15) is 4.39 Å². The van der Waals surface area contributed by atoms with Crippen LogP contribution in [-0.4, -0.2) is 21.3 Å². The van der Waals surface area contributed by atoms with Crippen LogP contribution in [0.2, 0.25) is 0 Å². The van der Waals surface area contributed by atoms with Crippen LogP contribution >= 0.6 is 0 Å². The van der Waals surface area contributed by atoms with Crippen molar-refractivity contribution in [2.75, 3.05) is 6.54 Å². The van der Waals surface area contributed by atoms with Crippen LogP contribution in [-0.2, 0) is 6.54 Å². The number of nitrogens with zero attached hydrogens (tertiary/aromatic N) is 3. The number of aryl methyl sites for hydroxylation is 2. The Kier molecular flexibility index (Phi) is 4.27. The summed E-state index contributed by atoms with van der Waals surface area (Å²) in [5, 5.41) is 7.54. The molecule has 1 N–H and O–H groups in total. The number of rotatable bonds is 5. The molecule has 0 atom stereocenters. The maximum Gasteiger partial charge on any atom is 0.148 e. The molecule has 102 valence electrons. The lowest BCUT2D eigenvalue weighted by Crippen LogP contribution is -2.14. The molecule has 2 aromatic rings. The fourth-order valence-electron chi connectivity index (χ4n) is 2.03. The summed E-state index contributed by atoms with van der Waals surface area (Å²) in [5.41, 5.74) is 1.63. The van der Waals surface area contributed by atoms with E-state index in [1.54, 1.807) is 10.7 Å². The van der Waals surface area contributed by atoms with Gasteiger partial charge in [0.2, 0.25) is 0 Å². The predicted octanol–water partition coefficient (Wildman–Crippen LogP) is 2.52. The minimum Gasteiger partial charge on any atom is -0.313 e. The van der Waals surface area contributed by atoms with Crippen LogP contribution in [0, 0.1) is 19.7 Å². The molecular formula is C14H19FN4. The molecule has 0 fully saturated rings. The fraction of sp³-hybridized carbons (Fsp3) is 0.429. The van der Waals surface area contributed by atoms with Crippen LogP contribution in [0.4, 0.5) is 4.39 Å². The average Bonchev–Trinajstić information content (AvgIpc) is 2.68. The van der Waals surface area contributed by atoms with Crippen molar-refractivity contribution in [1.29, 1.82) is 0 Å². The number of benzene rings is 1. The van der Waals surface area contributed by atoms with E-state index in [1.807, 2.05) is 19.9 Å². The third-order valence-electron chi connectivity index (χ3n) is 2.82. The zero-order chi connectivity index (χ0) is 13.8. The van der Waals surface area contributed by atoms with Gasteiger partial charge in [-0.3, -0.25) is 0 Å². The Morgan fingerprint density at radius 2 is 2.05 bits per heavy atom. The van der Waals surface area contributed by atoms with Crippen molar-refractivity contribution in [1.82, 2.24) is 20.1 Å². The van der Waals surface area contributed by atoms with Gasteiger partial charge in [0.25, 0.3) is 0 Å². The fourth-order valence-corrected chi connectivity index (χ4v) is 2.03.